The number of carbonyl (C=O) groups excluding carboxylic acids is 1. The Balaban J connectivity index is 1.58. The van der Waals surface area contributed by atoms with E-state index in [2.05, 4.69) is 5.32 Å². The Morgan fingerprint density at radius 1 is 0.968 bits per heavy atom. The van der Waals surface area contributed by atoms with Gasteiger partial charge in [0.2, 0.25) is 5.91 Å². The van der Waals surface area contributed by atoms with Crippen LogP contribution in [0.5, 0.6) is 0 Å². The first-order chi connectivity index (χ1) is 15.1. The van der Waals surface area contributed by atoms with Gasteiger partial charge in [0.1, 0.15) is 0 Å². The van der Waals surface area contributed by atoms with Crippen molar-refractivity contribution in [2.45, 2.75) is 24.5 Å². The van der Waals surface area contributed by atoms with Gasteiger partial charge in [0.05, 0.1) is 16.9 Å². The summed E-state index contributed by atoms with van der Waals surface area (Å²) in [4.78, 5) is 30.4. The number of anilines is 1. The molecule has 4 aromatic rings. The third kappa shape index (κ3) is 4.86. The zero-order valence-corrected chi connectivity index (χ0v) is 18.0. The third-order valence-electron chi connectivity index (χ3n) is 5.06. The highest BCUT2D eigenvalue weighted by molar-refractivity contribution is 7.99. The molecule has 1 N–H and O–H groups in total. The number of benzene rings is 3. The van der Waals surface area contributed by atoms with Crippen LogP contribution < -0.4 is 10.9 Å². The molecule has 31 heavy (non-hydrogen) atoms. The van der Waals surface area contributed by atoms with Crippen LogP contribution in [0, 0.1) is 0 Å². The lowest BCUT2D eigenvalue weighted by molar-refractivity contribution is -0.115. The van der Waals surface area contributed by atoms with Crippen molar-refractivity contribution in [3.63, 3.8) is 0 Å². The lowest BCUT2D eigenvalue weighted by Crippen LogP contribution is -2.27. The van der Waals surface area contributed by atoms with Crippen LogP contribution in [0.3, 0.4) is 0 Å². The molecular weight excluding hydrogens is 406 g/mol. The fourth-order valence-corrected chi connectivity index (χ4v) is 4.44. The van der Waals surface area contributed by atoms with E-state index in [-0.39, 0.29) is 17.5 Å². The normalized spacial score (nSPS) is 11.9. The van der Waals surface area contributed by atoms with Gasteiger partial charge in [0.25, 0.3) is 5.56 Å². The highest BCUT2D eigenvalue weighted by Crippen LogP contribution is 2.25. The number of amides is 1. The molecule has 3 aromatic carbocycles. The quantitative estimate of drug-likeness (QED) is 0.327. The first-order valence-electron chi connectivity index (χ1n) is 10.2. The molecule has 1 aromatic heterocycles. The van der Waals surface area contributed by atoms with E-state index in [1.807, 2.05) is 85.8 Å². The molecule has 1 unspecified atom stereocenters. The SMILES string of the molecule is CC(c1ccccc1)n1c(SCCC(=O)Nc2ccccc2)nc2ccccc2c1=O. The minimum Gasteiger partial charge on any atom is -0.326 e. The number of hydrogen-bond donors (Lipinski definition) is 1. The van der Waals surface area contributed by atoms with Crippen LogP contribution in [0.15, 0.2) is 94.9 Å². The van der Waals surface area contributed by atoms with Crippen LogP contribution in [0.1, 0.15) is 24.9 Å². The molecule has 1 atom stereocenters. The molecule has 0 aliphatic carbocycles. The van der Waals surface area contributed by atoms with Crippen molar-refractivity contribution in [3.8, 4) is 0 Å². The van der Waals surface area contributed by atoms with Crippen LogP contribution >= 0.6 is 11.8 Å². The molecule has 0 radical (unpaired) electrons. The molecule has 0 spiro atoms. The second-order valence-electron chi connectivity index (χ2n) is 7.19. The molecule has 0 saturated heterocycles. The summed E-state index contributed by atoms with van der Waals surface area (Å²) in [5, 5.41) is 4.10. The van der Waals surface area contributed by atoms with Crippen LogP contribution in [-0.2, 0) is 4.79 Å². The molecule has 1 amide bonds. The summed E-state index contributed by atoms with van der Waals surface area (Å²) in [6.07, 6.45) is 0.321. The zero-order chi connectivity index (χ0) is 21.6. The highest BCUT2D eigenvalue weighted by Gasteiger charge is 2.18. The number of nitrogens with zero attached hydrogens (tertiary/aromatic N) is 2. The van der Waals surface area contributed by atoms with E-state index in [0.29, 0.717) is 28.2 Å². The second-order valence-corrected chi connectivity index (χ2v) is 8.25. The fourth-order valence-electron chi connectivity index (χ4n) is 3.43. The number of rotatable bonds is 7. The standard InChI is InChI=1S/C25H23N3O2S/c1-18(19-10-4-2-5-11-19)28-24(30)21-14-8-9-15-22(21)27-25(28)31-17-16-23(29)26-20-12-6-3-7-13-20/h2-15,18H,16-17H2,1H3,(H,26,29). The highest BCUT2D eigenvalue weighted by atomic mass is 32.2. The lowest BCUT2D eigenvalue weighted by Gasteiger charge is -2.20. The van der Waals surface area contributed by atoms with Gasteiger partial charge in [-0.15, -0.1) is 0 Å². The summed E-state index contributed by atoms with van der Waals surface area (Å²) < 4.78 is 1.73. The molecule has 5 nitrogen and oxygen atoms in total. The van der Waals surface area contributed by atoms with E-state index in [4.69, 9.17) is 4.98 Å². The van der Waals surface area contributed by atoms with Gasteiger partial charge in [-0.2, -0.15) is 0 Å². The number of aromatic nitrogens is 2. The summed E-state index contributed by atoms with van der Waals surface area (Å²) >= 11 is 1.43. The maximum absolute atomic E-state index is 13.3. The van der Waals surface area contributed by atoms with Gasteiger partial charge in [0, 0.05) is 17.9 Å². The van der Waals surface area contributed by atoms with Crippen LogP contribution in [0.25, 0.3) is 10.9 Å². The van der Waals surface area contributed by atoms with Gasteiger partial charge in [0.15, 0.2) is 5.16 Å². The maximum Gasteiger partial charge on any atom is 0.262 e. The molecule has 0 fully saturated rings. The van der Waals surface area contributed by atoms with Crippen molar-refractivity contribution in [3.05, 3.63) is 101 Å². The maximum atomic E-state index is 13.3. The van der Waals surface area contributed by atoms with E-state index in [1.165, 1.54) is 11.8 Å². The Kier molecular flexibility index (Phi) is 6.48. The van der Waals surface area contributed by atoms with Gasteiger partial charge in [-0.3, -0.25) is 14.2 Å². The number of hydrogen-bond acceptors (Lipinski definition) is 4. The topological polar surface area (TPSA) is 64.0 Å². The lowest BCUT2D eigenvalue weighted by atomic mass is 10.1. The summed E-state index contributed by atoms with van der Waals surface area (Å²) in [5.74, 6) is 0.454. The van der Waals surface area contributed by atoms with Crippen molar-refractivity contribution >= 4 is 34.3 Å². The monoisotopic (exact) mass is 429 g/mol. The number of carbonyl (C=O) groups is 1. The molecule has 4 rings (SSSR count). The van der Waals surface area contributed by atoms with E-state index in [9.17, 15) is 9.59 Å². The van der Waals surface area contributed by atoms with E-state index in [0.717, 1.165) is 11.3 Å². The number of fused-ring (bicyclic) bond motifs is 1. The number of para-hydroxylation sites is 2. The van der Waals surface area contributed by atoms with Crippen LogP contribution in [-0.4, -0.2) is 21.2 Å². The third-order valence-corrected chi connectivity index (χ3v) is 6.02. The second kappa shape index (κ2) is 9.62. The zero-order valence-electron chi connectivity index (χ0n) is 17.2. The Labute approximate surface area is 185 Å². The van der Waals surface area contributed by atoms with Gasteiger partial charge in [-0.25, -0.2) is 4.98 Å². The number of nitrogens with one attached hydrogen (secondary N) is 1. The Bertz CT molecular complexity index is 1240. The molecule has 0 aliphatic rings. The molecule has 6 heteroatoms. The first kappa shape index (κ1) is 20.9. The van der Waals surface area contributed by atoms with Gasteiger partial charge in [-0.05, 0) is 36.8 Å². The Morgan fingerprint density at radius 2 is 1.61 bits per heavy atom. The fraction of sp³-hybridized carbons (Fsp3) is 0.160. The van der Waals surface area contributed by atoms with Crippen molar-refractivity contribution in [2.75, 3.05) is 11.1 Å². The summed E-state index contributed by atoms with van der Waals surface area (Å²) in [6.45, 7) is 2.00. The molecule has 156 valence electrons. The van der Waals surface area contributed by atoms with Crippen molar-refractivity contribution < 1.29 is 4.79 Å². The summed E-state index contributed by atoms with van der Waals surface area (Å²) in [7, 11) is 0. The van der Waals surface area contributed by atoms with Crippen molar-refractivity contribution in [1.82, 2.24) is 9.55 Å². The largest absolute Gasteiger partial charge is 0.326 e. The molecule has 0 bridgehead atoms. The van der Waals surface area contributed by atoms with E-state index >= 15 is 0 Å². The smallest absolute Gasteiger partial charge is 0.262 e. The van der Waals surface area contributed by atoms with Crippen molar-refractivity contribution in [2.24, 2.45) is 0 Å². The number of thioether (sulfide) groups is 1. The van der Waals surface area contributed by atoms with Gasteiger partial charge < -0.3 is 5.32 Å². The van der Waals surface area contributed by atoms with Gasteiger partial charge >= 0.3 is 0 Å². The Morgan fingerprint density at radius 3 is 2.35 bits per heavy atom. The molecule has 1 heterocycles. The average molecular weight is 430 g/mol. The molecule has 0 saturated carbocycles. The average Bonchev–Trinajstić information content (AvgIpc) is 2.80. The molecule has 0 aliphatic heterocycles. The van der Waals surface area contributed by atoms with E-state index < -0.39 is 0 Å². The summed E-state index contributed by atoms with van der Waals surface area (Å²) in [6, 6.07) is 26.5. The minimum atomic E-state index is -0.175. The first-order valence-corrected chi connectivity index (χ1v) is 11.2. The van der Waals surface area contributed by atoms with Crippen LogP contribution in [0.4, 0.5) is 5.69 Å². The van der Waals surface area contributed by atoms with E-state index in [1.54, 1.807) is 10.6 Å². The molecular formula is C25H23N3O2S. The minimum absolute atomic E-state index is 0.0653. The predicted octanol–water partition coefficient (Wildman–Crippen LogP) is 5.13. The Hall–Kier alpha value is -3.38. The predicted molar refractivity (Wildman–Crippen MR) is 127 cm³/mol. The van der Waals surface area contributed by atoms with Crippen LogP contribution in [0.2, 0.25) is 0 Å². The van der Waals surface area contributed by atoms with Gasteiger partial charge in [-0.1, -0.05) is 72.4 Å². The van der Waals surface area contributed by atoms with Crippen molar-refractivity contribution in [1.29, 1.82) is 0 Å². The summed E-state index contributed by atoms with van der Waals surface area (Å²) in [5.41, 5.74) is 2.40.